The number of carbonyl (C=O) groups is 2. The van der Waals surface area contributed by atoms with E-state index in [2.05, 4.69) is 10.6 Å². The molecule has 1 amide bonds. The molecule has 22 heavy (non-hydrogen) atoms. The van der Waals surface area contributed by atoms with E-state index in [4.69, 9.17) is 17.0 Å². The average Bonchev–Trinajstić information content (AvgIpc) is 3.24. The van der Waals surface area contributed by atoms with Crippen LogP contribution in [0.1, 0.15) is 47.5 Å². The summed E-state index contributed by atoms with van der Waals surface area (Å²) in [7, 11) is 0. The molecule has 2 rings (SSSR count). The fourth-order valence-corrected chi connectivity index (χ4v) is 3.61. The summed E-state index contributed by atoms with van der Waals surface area (Å²) in [5, 5.41) is 6.51. The van der Waals surface area contributed by atoms with Gasteiger partial charge in [0.2, 0.25) is 5.91 Å². The van der Waals surface area contributed by atoms with Crippen LogP contribution in [0.15, 0.2) is 0 Å². The number of nitrogens with one attached hydrogen (secondary N) is 2. The van der Waals surface area contributed by atoms with Crippen molar-refractivity contribution >= 4 is 45.5 Å². The van der Waals surface area contributed by atoms with E-state index < -0.39 is 0 Å². The number of ether oxygens (including phenoxy) is 1. The van der Waals surface area contributed by atoms with Crippen LogP contribution in [0.4, 0.5) is 5.00 Å². The van der Waals surface area contributed by atoms with Crippen molar-refractivity contribution in [2.45, 2.75) is 40.0 Å². The number of anilines is 1. The van der Waals surface area contributed by atoms with Crippen molar-refractivity contribution in [1.29, 1.82) is 0 Å². The summed E-state index contributed by atoms with van der Waals surface area (Å²) in [5.41, 5.74) is 1.48. The summed E-state index contributed by atoms with van der Waals surface area (Å²) < 4.78 is 5.13. The summed E-state index contributed by atoms with van der Waals surface area (Å²) in [5.74, 6) is -0.331. The van der Waals surface area contributed by atoms with E-state index in [0.29, 0.717) is 17.2 Å². The lowest BCUT2D eigenvalue weighted by molar-refractivity contribution is -0.120. The SMILES string of the molecule is CCOC(=O)c1c(NC(=S)NC(=O)C2CC2)sc(C)c1CC. The van der Waals surface area contributed by atoms with Crippen LogP contribution < -0.4 is 10.6 Å². The van der Waals surface area contributed by atoms with Gasteiger partial charge < -0.3 is 15.4 Å². The first kappa shape index (κ1) is 16.9. The predicted molar refractivity (Wildman–Crippen MR) is 91.5 cm³/mol. The van der Waals surface area contributed by atoms with Crippen LogP contribution in [0.3, 0.4) is 0 Å². The Morgan fingerprint density at radius 1 is 1.36 bits per heavy atom. The lowest BCUT2D eigenvalue weighted by Crippen LogP contribution is -2.35. The largest absolute Gasteiger partial charge is 0.462 e. The number of thiophene rings is 1. The van der Waals surface area contributed by atoms with Crippen molar-refractivity contribution in [3.05, 3.63) is 16.0 Å². The van der Waals surface area contributed by atoms with Gasteiger partial charge in [0, 0.05) is 10.8 Å². The number of aryl methyl sites for hydroxylation is 1. The molecule has 1 saturated carbocycles. The van der Waals surface area contributed by atoms with E-state index in [9.17, 15) is 9.59 Å². The fraction of sp³-hybridized carbons (Fsp3) is 0.533. The molecule has 0 radical (unpaired) electrons. The highest BCUT2D eigenvalue weighted by molar-refractivity contribution is 7.80. The Morgan fingerprint density at radius 3 is 2.59 bits per heavy atom. The van der Waals surface area contributed by atoms with Crippen molar-refractivity contribution in [3.8, 4) is 0 Å². The molecule has 1 aliphatic rings. The molecule has 0 spiro atoms. The molecule has 0 bridgehead atoms. The van der Waals surface area contributed by atoms with Gasteiger partial charge in [0.25, 0.3) is 0 Å². The maximum Gasteiger partial charge on any atom is 0.341 e. The number of esters is 1. The summed E-state index contributed by atoms with van der Waals surface area (Å²) in [6, 6.07) is 0. The number of hydrogen-bond acceptors (Lipinski definition) is 5. The zero-order valence-electron chi connectivity index (χ0n) is 12.9. The Kier molecular flexibility index (Phi) is 5.52. The van der Waals surface area contributed by atoms with E-state index in [1.54, 1.807) is 6.92 Å². The van der Waals surface area contributed by atoms with Crippen LogP contribution in [0, 0.1) is 12.8 Å². The number of amides is 1. The first-order chi connectivity index (χ1) is 10.5. The molecular weight excluding hydrogens is 320 g/mol. The van der Waals surface area contributed by atoms with Crippen molar-refractivity contribution < 1.29 is 14.3 Å². The summed E-state index contributed by atoms with van der Waals surface area (Å²) in [6.07, 6.45) is 2.57. The second-order valence-corrected chi connectivity index (χ2v) is 6.77. The highest BCUT2D eigenvalue weighted by atomic mass is 32.1. The number of thiocarbonyl (C=S) groups is 1. The summed E-state index contributed by atoms with van der Waals surface area (Å²) in [6.45, 7) is 6.05. The normalized spacial score (nSPS) is 13.6. The van der Waals surface area contributed by atoms with Gasteiger partial charge >= 0.3 is 5.97 Å². The number of hydrogen-bond donors (Lipinski definition) is 2. The Hall–Kier alpha value is -1.47. The highest BCUT2D eigenvalue weighted by Gasteiger charge is 2.30. The fourth-order valence-electron chi connectivity index (χ4n) is 2.21. The van der Waals surface area contributed by atoms with Crippen LogP contribution in [-0.4, -0.2) is 23.6 Å². The van der Waals surface area contributed by atoms with Gasteiger partial charge in [-0.3, -0.25) is 4.79 Å². The zero-order chi connectivity index (χ0) is 16.3. The first-order valence-corrected chi connectivity index (χ1v) is 8.61. The number of rotatable bonds is 5. The average molecular weight is 340 g/mol. The van der Waals surface area contributed by atoms with E-state index in [-0.39, 0.29) is 22.9 Å². The topological polar surface area (TPSA) is 67.4 Å². The molecule has 5 nitrogen and oxygen atoms in total. The second-order valence-electron chi connectivity index (χ2n) is 5.13. The monoisotopic (exact) mass is 340 g/mol. The van der Waals surface area contributed by atoms with E-state index in [0.717, 1.165) is 29.7 Å². The van der Waals surface area contributed by atoms with Crippen molar-refractivity contribution in [3.63, 3.8) is 0 Å². The quantitative estimate of drug-likeness (QED) is 0.637. The van der Waals surface area contributed by atoms with Crippen molar-refractivity contribution in [2.24, 2.45) is 5.92 Å². The molecule has 7 heteroatoms. The second kappa shape index (κ2) is 7.19. The third-order valence-electron chi connectivity index (χ3n) is 3.45. The molecule has 0 unspecified atom stereocenters. The predicted octanol–water partition coefficient (Wildman–Crippen LogP) is 3.02. The molecule has 1 fully saturated rings. The smallest absolute Gasteiger partial charge is 0.341 e. The standard InChI is InChI=1S/C15H20N2O3S2/c1-4-10-8(3)22-13(11(10)14(19)20-5-2)17-15(21)16-12(18)9-6-7-9/h9H,4-7H2,1-3H3,(H2,16,17,18,21). The van der Waals surface area contributed by atoms with Gasteiger partial charge in [0.05, 0.1) is 12.2 Å². The Labute approximate surface area is 139 Å². The first-order valence-electron chi connectivity index (χ1n) is 7.39. The molecular formula is C15H20N2O3S2. The molecule has 0 atom stereocenters. The van der Waals surface area contributed by atoms with Crippen molar-refractivity contribution in [1.82, 2.24) is 5.32 Å². The van der Waals surface area contributed by atoms with Gasteiger partial charge in [-0.05, 0) is 50.9 Å². The van der Waals surface area contributed by atoms with Crippen molar-refractivity contribution in [2.75, 3.05) is 11.9 Å². The maximum atomic E-state index is 12.2. The lowest BCUT2D eigenvalue weighted by atomic mass is 10.1. The van der Waals surface area contributed by atoms with Crippen LogP contribution in [0.5, 0.6) is 0 Å². The third-order valence-corrected chi connectivity index (χ3v) is 4.72. The Balaban J connectivity index is 2.16. The Morgan fingerprint density at radius 2 is 2.05 bits per heavy atom. The number of carbonyl (C=O) groups excluding carboxylic acids is 2. The van der Waals surface area contributed by atoms with Crippen LogP contribution in [-0.2, 0) is 16.0 Å². The molecule has 1 heterocycles. The van der Waals surface area contributed by atoms with Crippen LogP contribution >= 0.6 is 23.6 Å². The summed E-state index contributed by atoms with van der Waals surface area (Å²) in [4.78, 5) is 25.0. The minimum Gasteiger partial charge on any atom is -0.462 e. The minimum absolute atomic E-state index is 0.0563. The third kappa shape index (κ3) is 3.84. The van der Waals surface area contributed by atoms with E-state index in [1.807, 2.05) is 13.8 Å². The molecule has 0 aromatic carbocycles. The Bertz CT molecular complexity index is 606. The molecule has 1 aliphatic carbocycles. The molecule has 1 aromatic rings. The van der Waals surface area contributed by atoms with Gasteiger partial charge in [-0.15, -0.1) is 11.3 Å². The van der Waals surface area contributed by atoms with Gasteiger partial charge in [-0.25, -0.2) is 4.79 Å². The van der Waals surface area contributed by atoms with Gasteiger partial charge in [0.15, 0.2) is 5.11 Å². The van der Waals surface area contributed by atoms with Gasteiger partial charge in [-0.2, -0.15) is 0 Å². The van der Waals surface area contributed by atoms with Crippen LogP contribution in [0.25, 0.3) is 0 Å². The molecule has 2 N–H and O–H groups in total. The van der Waals surface area contributed by atoms with E-state index in [1.165, 1.54) is 11.3 Å². The lowest BCUT2D eigenvalue weighted by Gasteiger charge is -2.10. The summed E-state index contributed by atoms with van der Waals surface area (Å²) >= 11 is 6.62. The molecule has 0 saturated heterocycles. The highest BCUT2D eigenvalue weighted by Crippen LogP contribution is 2.34. The van der Waals surface area contributed by atoms with E-state index >= 15 is 0 Å². The maximum absolute atomic E-state index is 12.2. The zero-order valence-corrected chi connectivity index (χ0v) is 14.6. The van der Waals surface area contributed by atoms with Gasteiger partial charge in [0.1, 0.15) is 5.00 Å². The molecule has 1 aromatic heterocycles. The van der Waals surface area contributed by atoms with Crippen LogP contribution in [0.2, 0.25) is 0 Å². The minimum atomic E-state index is -0.359. The van der Waals surface area contributed by atoms with Gasteiger partial charge in [-0.1, -0.05) is 6.92 Å². The molecule has 0 aliphatic heterocycles. The molecule has 120 valence electrons.